The van der Waals surface area contributed by atoms with Crippen LogP contribution in [0.5, 0.6) is 0 Å². The Hall–Kier alpha value is -0.520. The topological polar surface area (TPSA) is 0 Å². The molecule has 0 N–H and O–H groups in total. The lowest BCUT2D eigenvalue weighted by Gasteiger charge is -2.26. The minimum Gasteiger partial charge on any atom is -0.0882 e. The van der Waals surface area contributed by atoms with Crippen LogP contribution in [0.1, 0.15) is 51.9 Å². The van der Waals surface area contributed by atoms with Gasteiger partial charge in [-0.3, -0.25) is 0 Å². The zero-order chi connectivity index (χ0) is 10.5. The molecule has 0 heterocycles. The van der Waals surface area contributed by atoms with E-state index in [1.807, 2.05) is 0 Å². The SMILES string of the molecule is CC1CCCC=CC1C1C=CCCCC1. The molecule has 0 bridgehead atoms. The fourth-order valence-corrected chi connectivity index (χ4v) is 3.09. The highest BCUT2D eigenvalue weighted by molar-refractivity contribution is 5.03. The Morgan fingerprint density at radius 2 is 1.67 bits per heavy atom. The maximum Gasteiger partial charge on any atom is -0.0145 e. The molecule has 0 nitrogen and oxygen atoms in total. The van der Waals surface area contributed by atoms with Crippen molar-refractivity contribution in [2.45, 2.75) is 51.9 Å². The normalized spacial score (nSPS) is 37.3. The second kappa shape index (κ2) is 5.53. The first-order valence-electron chi connectivity index (χ1n) is 6.71. The molecule has 84 valence electrons. The minimum absolute atomic E-state index is 0.821. The third-order valence-electron chi connectivity index (χ3n) is 4.08. The molecule has 0 fully saturated rings. The summed E-state index contributed by atoms with van der Waals surface area (Å²) in [5.41, 5.74) is 0. The monoisotopic (exact) mass is 204 g/mol. The standard InChI is InChI=1S/C15H24/c1-13-9-5-4-8-12-15(13)14-10-6-2-3-7-11-14/h6,8,10,12-15H,2-5,7,9,11H2,1H3. The Labute approximate surface area is 94.5 Å². The predicted octanol–water partition coefficient (Wildman–Crippen LogP) is 4.73. The molecule has 0 aromatic rings. The van der Waals surface area contributed by atoms with Gasteiger partial charge < -0.3 is 0 Å². The first kappa shape index (κ1) is 11.0. The highest BCUT2D eigenvalue weighted by Gasteiger charge is 2.24. The Balaban J connectivity index is 2.05. The van der Waals surface area contributed by atoms with Gasteiger partial charge in [0.1, 0.15) is 0 Å². The van der Waals surface area contributed by atoms with Crippen molar-refractivity contribution in [1.29, 1.82) is 0 Å². The number of rotatable bonds is 1. The van der Waals surface area contributed by atoms with Gasteiger partial charge in [0.15, 0.2) is 0 Å². The van der Waals surface area contributed by atoms with E-state index in [-0.39, 0.29) is 0 Å². The van der Waals surface area contributed by atoms with E-state index in [2.05, 4.69) is 31.2 Å². The van der Waals surface area contributed by atoms with Crippen LogP contribution in [-0.2, 0) is 0 Å². The van der Waals surface area contributed by atoms with E-state index in [0.29, 0.717) is 0 Å². The average Bonchev–Trinajstić information content (AvgIpc) is 2.59. The van der Waals surface area contributed by atoms with E-state index in [1.54, 1.807) is 0 Å². The molecule has 0 heteroatoms. The summed E-state index contributed by atoms with van der Waals surface area (Å²) in [6.45, 7) is 2.44. The van der Waals surface area contributed by atoms with Crippen molar-refractivity contribution in [3.8, 4) is 0 Å². The van der Waals surface area contributed by atoms with Crippen LogP contribution < -0.4 is 0 Å². The fraction of sp³-hybridized carbons (Fsp3) is 0.733. The highest BCUT2D eigenvalue weighted by atomic mass is 14.3. The number of allylic oxidation sites excluding steroid dienone is 4. The molecule has 2 rings (SSSR count). The summed E-state index contributed by atoms with van der Waals surface area (Å²) in [7, 11) is 0. The molecule has 3 unspecified atom stereocenters. The first-order valence-corrected chi connectivity index (χ1v) is 6.71. The molecule has 0 amide bonds. The maximum absolute atomic E-state index is 2.51. The first-order chi connectivity index (χ1) is 7.38. The lowest BCUT2D eigenvalue weighted by molar-refractivity contribution is 0.311. The van der Waals surface area contributed by atoms with Gasteiger partial charge >= 0.3 is 0 Å². The minimum atomic E-state index is 0.821. The van der Waals surface area contributed by atoms with Gasteiger partial charge in [-0.05, 0) is 56.3 Å². The number of hydrogen-bond acceptors (Lipinski definition) is 0. The Morgan fingerprint density at radius 3 is 2.60 bits per heavy atom. The van der Waals surface area contributed by atoms with E-state index in [4.69, 9.17) is 0 Å². The third kappa shape index (κ3) is 2.96. The van der Waals surface area contributed by atoms with Crippen LogP contribution in [0.4, 0.5) is 0 Å². The van der Waals surface area contributed by atoms with Gasteiger partial charge in [0, 0.05) is 0 Å². The van der Waals surface area contributed by atoms with Crippen LogP contribution in [0.3, 0.4) is 0 Å². The van der Waals surface area contributed by atoms with Crippen LogP contribution in [-0.4, -0.2) is 0 Å². The smallest absolute Gasteiger partial charge is 0.0145 e. The van der Waals surface area contributed by atoms with Crippen molar-refractivity contribution in [3.05, 3.63) is 24.3 Å². The Kier molecular flexibility index (Phi) is 4.05. The molecular formula is C15H24. The zero-order valence-electron chi connectivity index (χ0n) is 9.99. The molecule has 0 aliphatic heterocycles. The summed E-state index contributed by atoms with van der Waals surface area (Å²) in [6, 6.07) is 0. The summed E-state index contributed by atoms with van der Waals surface area (Å²) < 4.78 is 0. The van der Waals surface area contributed by atoms with Crippen LogP contribution in [0.2, 0.25) is 0 Å². The summed E-state index contributed by atoms with van der Waals surface area (Å²) in [6.07, 6.45) is 19.5. The average molecular weight is 204 g/mol. The van der Waals surface area contributed by atoms with Crippen molar-refractivity contribution < 1.29 is 0 Å². The summed E-state index contributed by atoms with van der Waals surface area (Å²) in [5, 5.41) is 0. The second-order valence-corrected chi connectivity index (χ2v) is 5.29. The highest BCUT2D eigenvalue weighted by Crippen LogP contribution is 2.34. The quantitative estimate of drug-likeness (QED) is 0.542. The lowest BCUT2D eigenvalue weighted by atomic mass is 9.79. The largest absolute Gasteiger partial charge is 0.0882 e. The van der Waals surface area contributed by atoms with Crippen molar-refractivity contribution in [2.24, 2.45) is 17.8 Å². The summed E-state index contributed by atoms with van der Waals surface area (Å²) in [5.74, 6) is 2.54. The van der Waals surface area contributed by atoms with Crippen LogP contribution in [0, 0.1) is 17.8 Å². The van der Waals surface area contributed by atoms with Gasteiger partial charge in [-0.1, -0.05) is 37.6 Å². The number of hydrogen-bond donors (Lipinski definition) is 0. The maximum atomic E-state index is 2.51. The van der Waals surface area contributed by atoms with E-state index >= 15 is 0 Å². The molecule has 0 spiro atoms. The van der Waals surface area contributed by atoms with E-state index < -0.39 is 0 Å². The molecule has 2 aliphatic carbocycles. The molecule has 3 atom stereocenters. The molecule has 2 aliphatic rings. The van der Waals surface area contributed by atoms with Gasteiger partial charge in [-0.25, -0.2) is 0 Å². The molecule has 15 heavy (non-hydrogen) atoms. The zero-order valence-corrected chi connectivity index (χ0v) is 9.99. The summed E-state index contributed by atoms with van der Waals surface area (Å²) >= 11 is 0. The molecule has 0 aromatic heterocycles. The van der Waals surface area contributed by atoms with Gasteiger partial charge in [-0.15, -0.1) is 0 Å². The fourth-order valence-electron chi connectivity index (χ4n) is 3.09. The van der Waals surface area contributed by atoms with Crippen molar-refractivity contribution >= 4 is 0 Å². The van der Waals surface area contributed by atoms with E-state index in [9.17, 15) is 0 Å². The van der Waals surface area contributed by atoms with Crippen molar-refractivity contribution in [3.63, 3.8) is 0 Å². The van der Waals surface area contributed by atoms with Crippen LogP contribution >= 0.6 is 0 Å². The third-order valence-corrected chi connectivity index (χ3v) is 4.08. The van der Waals surface area contributed by atoms with Gasteiger partial charge in [0.05, 0.1) is 0 Å². The van der Waals surface area contributed by atoms with Gasteiger partial charge in [0.25, 0.3) is 0 Å². The van der Waals surface area contributed by atoms with Crippen molar-refractivity contribution in [1.82, 2.24) is 0 Å². The predicted molar refractivity (Wildman–Crippen MR) is 66.7 cm³/mol. The summed E-state index contributed by atoms with van der Waals surface area (Å²) in [4.78, 5) is 0. The van der Waals surface area contributed by atoms with Gasteiger partial charge in [-0.2, -0.15) is 0 Å². The Bertz CT molecular complexity index is 236. The molecular weight excluding hydrogens is 180 g/mol. The molecule has 0 aromatic carbocycles. The van der Waals surface area contributed by atoms with Crippen LogP contribution in [0.15, 0.2) is 24.3 Å². The van der Waals surface area contributed by atoms with Gasteiger partial charge in [0.2, 0.25) is 0 Å². The Morgan fingerprint density at radius 1 is 0.867 bits per heavy atom. The van der Waals surface area contributed by atoms with E-state index in [0.717, 1.165) is 17.8 Å². The molecule has 0 saturated heterocycles. The lowest BCUT2D eigenvalue weighted by Crippen LogP contribution is -2.17. The van der Waals surface area contributed by atoms with Crippen molar-refractivity contribution in [2.75, 3.05) is 0 Å². The molecule has 0 saturated carbocycles. The van der Waals surface area contributed by atoms with E-state index in [1.165, 1.54) is 44.9 Å². The molecule has 0 radical (unpaired) electrons. The van der Waals surface area contributed by atoms with Crippen LogP contribution in [0.25, 0.3) is 0 Å². The second-order valence-electron chi connectivity index (χ2n) is 5.29.